The van der Waals surface area contributed by atoms with Gasteiger partial charge in [-0.05, 0) is 55.5 Å². The van der Waals surface area contributed by atoms with Crippen molar-refractivity contribution in [2.45, 2.75) is 19.8 Å². The van der Waals surface area contributed by atoms with Gasteiger partial charge in [-0.1, -0.05) is 30.9 Å². The van der Waals surface area contributed by atoms with Crippen LogP contribution in [0.1, 0.15) is 18.4 Å². The van der Waals surface area contributed by atoms with Gasteiger partial charge in [-0.15, -0.1) is 0 Å². The largest absolute Gasteiger partial charge is 0.402 e. The number of nitrogens with zero attached hydrogens (tertiary/aromatic N) is 1. The molecule has 1 saturated heterocycles. The van der Waals surface area contributed by atoms with Gasteiger partial charge in [-0.2, -0.15) is 0 Å². The molecule has 2 heterocycles. The smallest absolute Gasteiger partial charge is 0.256 e. The van der Waals surface area contributed by atoms with Crippen LogP contribution in [0.15, 0.2) is 59.5 Å². The quantitative estimate of drug-likeness (QED) is 0.630. The van der Waals surface area contributed by atoms with Crippen LogP contribution in [-0.2, 0) is 0 Å². The van der Waals surface area contributed by atoms with Gasteiger partial charge in [-0.3, -0.25) is 4.79 Å². The number of hydrogen-bond acceptors (Lipinski definition) is 4. The fourth-order valence-corrected chi connectivity index (χ4v) is 4.11. The zero-order chi connectivity index (χ0) is 21.3. The van der Waals surface area contributed by atoms with Crippen molar-refractivity contribution in [2.24, 2.45) is 11.7 Å². The number of piperidine rings is 1. The second-order valence-electron chi connectivity index (χ2n) is 8.07. The van der Waals surface area contributed by atoms with Crippen LogP contribution < -0.4 is 32.1 Å². The fourth-order valence-electron chi connectivity index (χ4n) is 4.11. The zero-order valence-electron chi connectivity index (χ0n) is 17.4. The van der Waals surface area contributed by atoms with Crippen molar-refractivity contribution in [1.82, 2.24) is 4.98 Å². The minimum atomic E-state index is -0.113. The molecule has 0 amide bonds. The molecule has 5 heteroatoms. The number of H-pyrrole nitrogens is 1. The molecule has 30 heavy (non-hydrogen) atoms. The van der Waals surface area contributed by atoms with Crippen LogP contribution in [0.3, 0.4) is 0 Å². The van der Waals surface area contributed by atoms with Crippen molar-refractivity contribution in [2.75, 3.05) is 23.3 Å². The molecule has 0 aliphatic carbocycles. The Hall–Kier alpha value is -3.47. The first-order valence-corrected chi connectivity index (χ1v) is 10.3. The molecule has 4 N–H and O–H groups in total. The lowest BCUT2D eigenvalue weighted by Gasteiger charge is -2.33. The number of nitrogens with one attached hydrogen (secondary N) is 2. The maximum atomic E-state index is 12.2. The van der Waals surface area contributed by atoms with E-state index in [0.29, 0.717) is 16.7 Å². The van der Waals surface area contributed by atoms with Gasteiger partial charge >= 0.3 is 0 Å². The summed E-state index contributed by atoms with van der Waals surface area (Å²) in [5.41, 5.74) is 9.86. The predicted octanol–water partition coefficient (Wildman–Crippen LogP) is 2.79. The number of aromatic amines is 1. The van der Waals surface area contributed by atoms with E-state index in [9.17, 15) is 4.79 Å². The minimum Gasteiger partial charge on any atom is -0.402 e. The topological polar surface area (TPSA) is 74.2 Å². The third-order valence-corrected chi connectivity index (χ3v) is 5.93. The molecule has 2 aromatic carbocycles. The highest BCUT2D eigenvalue weighted by atomic mass is 16.1. The van der Waals surface area contributed by atoms with Gasteiger partial charge < -0.3 is 20.9 Å². The van der Waals surface area contributed by atoms with Crippen molar-refractivity contribution in [1.29, 1.82) is 0 Å². The highest BCUT2D eigenvalue weighted by molar-refractivity contribution is 5.84. The molecule has 0 unspecified atom stereocenters. The Morgan fingerprint density at radius 2 is 1.87 bits per heavy atom. The summed E-state index contributed by atoms with van der Waals surface area (Å²) in [6.45, 7) is 11.9. The molecular weight excluding hydrogens is 372 g/mol. The Labute approximate surface area is 176 Å². The monoisotopic (exact) mass is 400 g/mol. The summed E-state index contributed by atoms with van der Waals surface area (Å²) in [4.78, 5) is 17.5. The molecule has 3 aromatic rings. The zero-order valence-corrected chi connectivity index (χ0v) is 17.4. The van der Waals surface area contributed by atoms with Gasteiger partial charge in [0.25, 0.3) is 5.56 Å². The molecule has 154 valence electrons. The van der Waals surface area contributed by atoms with E-state index in [0.717, 1.165) is 53.5 Å². The second kappa shape index (κ2) is 8.11. The molecule has 0 spiro atoms. The first-order chi connectivity index (χ1) is 14.4. The van der Waals surface area contributed by atoms with Crippen molar-refractivity contribution >= 4 is 34.9 Å². The highest BCUT2D eigenvalue weighted by Crippen LogP contribution is 2.26. The average Bonchev–Trinajstić information content (AvgIpc) is 2.74. The molecule has 1 aromatic heterocycles. The van der Waals surface area contributed by atoms with E-state index in [1.165, 1.54) is 5.69 Å². The summed E-state index contributed by atoms with van der Waals surface area (Å²) in [5.74, 6) is 0.435. The maximum Gasteiger partial charge on any atom is 0.256 e. The lowest BCUT2D eigenvalue weighted by atomic mass is 9.94. The van der Waals surface area contributed by atoms with E-state index in [1.807, 2.05) is 31.3 Å². The van der Waals surface area contributed by atoms with Crippen LogP contribution in [0, 0.1) is 12.8 Å². The van der Waals surface area contributed by atoms with Crippen LogP contribution in [0.4, 0.5) is 11.4 Å². The molecule has 0 atom stereocenters. The number of allylic oxidation sites excluding steroid dienone is 1. The lowest BCUT2D eigenvalue weighted by molar-refractivity contribution is 0.456. The molecule has 1 fully saturated rings. The first kappa shape index (κ1) is 19.8. The van der Waals surface area contributed by atoms with Gasteiger partial charge in [0.05, 0.1) is 0 Å². The highest BCUT2D eigenvalue weighted by Gasteiger charge is 2.20. The Bertz CT molecular complexity index is 1250. The first-order valence-electron chi connectivity index (χ1n) is 10.3. The van der Waals surface area contributed by atoms with Gasteiger partial charge in [0, 0.05) is 58.2 Å². The van der Waals surface area contributed by atoms with Crippen LogP contribution in [-0.4, -0.2) is 18.1 Å². The number of aromatic nitrogens is 1. The maximum absolute atomic E-state index is 12.2. The summed E-state index contributed by atoms with van der Waals surface area (Å²) < 4.78 is 0. The number of pyridine rings is 1. The summed E-state index contributed by atoms with van der Waals surface area (Å²) in [7, 11) is 0. The van der Waals surface area contributed by atoms with E-state index < -0.39 is 0 Å². The number of nitrogens with two attached hydrogens (primary N) is 1. The fraction of sp³-hybridized carbons (Fsp3) is 0.240. The Kier molecular flexibility index (Phi) is 5.36. The molecule has 0 bridgehead atoms. The van der Waals surface area contributed by atoms with Crippen LogP contribution in [0.25, 0.3) is 23.6 Å². The molecular formula is C25H28N4O. The van der Waals surface area contributed by atoms with Crippen LogP contribution in [0.5, 0.6) is 0 Å². The molecule has 4 rings (SSSR count). The molecule has 0 saturated carbocycles. The van der Waals surface area contributed by atoms with E-state index in [4.69, 9.17) is 5.73 Å². The number of hydrogen-bond donors (Lipinski definition) is 3. The SMILES string of the molecule is C=C(N)C1CCN(c2ccc(N/C=c3\c(=C)[nH]c(=O)c4ccc(C)cc34)cc2)CC1. The molecule has 5 nitrogen and oxygen atoms in total. The van der Waals surface area contributed by atoms with Crippen molar-refractivity contribution < 1.29 is 0 Å². The number of anilines is 2. The van der Waals surface area contributed by atoms with Crippen molar-refractivity contribution in [3.63, 3.8) is 0 Å². The second-order valence-corrected chi connectivity index (χ2v) is 8.07. The standard InChI is InChI=1S/C25H28N4O/c1-16-4-9-22-23(14-16)24(18(3)28-25(22)30)15-27-20-5-7-21(8-6-20)29-12-10-19(11-13-29)17(2)26/h4-9,14-15,19,27H,2-3,10-13,26H2,1H3,(H,28,30)/b24-15+. The third kappa shape index (κ3) is 3.96. The number of aryl methyl sites for hydroxylation is 1. The summed E-state index contributed by atoms with van der Waals surface area (Å²) in [6.07, 6.45) is 4.01. The van der Waals surface area contributed by atoms with E-state index >= 15 is 0 Å². The summed E-state index contributed by atoms with van der Waals surface area (Å²) in [5, 5.41) is 6.41. The Balaban J connectivity index is 1.56. The Morgan fingerprint density at radius 3 is 2.53 bits per heavy atom. The van der Waals surface area contributed by atoms with Gasteiger partial charge in [0.15, 0.2) is 0 Å². The third-order valence-electron chi connectivity index (χ3n) is 5.93. The van der Waals surface area contributed by atoms with E-state index in [1.54, 1.807) is 0 Å². The lowest BCUT2D eigenvalue weighted by Crippen LogP contribution is -2.35. The van der Waals surface area contributed by atoms with E-state index in [-0.39, 0.29) is 5.56 Å². The van der Waals surface area contributed by atoms with Gasteiger partial charge in [-0.25, -0.2) is 0 Å². The number of fused-ring (bicyclic) bond motifs is 1. The molecule has 1 aliphatic heterocycles. The normalized spacial score (nSPS) is 15.5. The summed E-state index contributed by atoms with van der Waals surface area (Å²) in [6, 6.07) is 14.2. The number of benzene rings is 2. The average molecular weight is 401 g/mol. The predicted molar refractivity (Wildman–Crippen MR) is 127 cm³/mol. The van der Waals surface area contributed by atoms with Crippen molar-refractivity contribution in [3.05, 3.63) is 81.2 Å². The van der Waals surface area contributed by atoms with Gasteiger partial charge in [0.2, 0.25) is 0 Å². The van der Waals surface area contributed by atoms with Crippen LogP contribution in [0.2, 0.25) is 0 Å². The summed E-state index contributed by atoms with van der Waals surface area (Å²) >= 11 is 0. The minimum absolute atomic E-state index is 0.113. The molecule has 1 aliphatic rings. The Morgan fingerprint density at radius 1 is 1.17 bits per heavy atom. The van der Waals surface area contributed by atoms with Crippen molar-refractivity contribution in [3.8, 4) is 0 Å². The van der Waals surface area contributed by atoms with E-state index in [2.05, 4.69) is 52.6 Å². The van der Waals surface area contributed by atoms with Gasteiger partial charge in [0.1, 0.15) is 0 Å². The number of rotatable bonds is 4. The van der Waals surface area contributed by atoms with Crippen LogP contribution >= 0.6 is 0 Å². The molecule has 0 radical (unpaired) electrons.